The lowest BCUT2D eigenvalue weighted by Crippen LogP contribution is -2.54. The minimum atomic E-state index is -0.606. The number of nitrogens with zero attached hydrogens (tertiary/aromatic N) is 4. The number of hydrogen-bond acceptors (Lipinski definition) is 5. The first-order chi connectivity index (χ1) is 9.08. The Kier molecular flexibility index (Phi) is 3.09. The molecular weight excluding hydrogens is 332 g/mol. The standard InChI is InChI=1S/C11H13BrN4O2S/c1-2-15-8(17)11(4-3-5-11)16(10(15)18)6-7-13-14-9(12)19-7/h2-6H2,1H3. The number of rotatable bonds is 3. The normalized spacial score (nSPS) is 21.4. The summed E-state index contributed by atoms with van der Waals surface area (Å²) in [6, 6.07) is -0.196. The molecule has 3 rings (SSSR count). The zero-order valence-electron chi connectivity index (χ0n) is 10.4. The molecule has 1 spiro atoms. The monoisotopic (exact) mass is 344 g/mol. The maximum Gasteiger partial charge on any atom is 0.328 e. The van der Waals surface area contributed by atoms with Crippen LogP contribution in [0.3, 0.4) is 0 Å². The van der Waals surface area contributed by atoms with Gasteiger partial charge in [-0.25, -0.2) is 4.79 Å². The second kappa shape index (κ2) is 4.52. The Morgan fingerprint density at radius 3 is 2.58 bits per heavy atom. The van der Waals surface area contributed by atoms with Gasteiger partial charge in [-0.3, -0.25) is 9.69 Å². The van der Waals surface area contributed by atoms with Gasteiger partial charge >= 0.3 is 6.03 Å². The van der Waals surface area contributed by atoms with Crippen LogP contribution >= 0.6 is 27.3 Å². The summed E-state index contributed by atoms with van der Waals surface area (Å²) in [6.45, 7) is 2.62. The highest BCUT2D eigenvalue weighted by atomic mass is 79.9. The van der Waals surface area contributed by atoms with Crippen LogP contribution in [0.4, 0.5) is 4.79 Å². The minimum absolute atomic E-state index is 0.0465. The molecule has 0 N–H and O–H groups in total. The van der Waals surface area contributed by atoms with E-state index in [1.807, 2.05) is 6.92 Å². The molecule has 6 nitrogen and oxygen atoms in total. The summed E-state index contributed by atoms with van der Waals surface area (Å²) in [4.78, 5) is 27.7. The van der Waals surface area contributed by atoms with Gasteiger partial charge in [0.25, 0.3) is 5.91 Å². The van der Waals surface area contributed by atoms with E-state index in [0.717, 1.165) is 24.3 Å². The molecule has 0 radical (unpaired) electrons. The van der Waals surface area contributed by atoms with Crippen molar-refractivity contribution in [2.45, 2.75) is 38.3 Å². The minimum Gasteiger partial charge on any atom is -0.303 e. The van der Waals surface area contributed by atoms with Crippen molar-refractivity contribution in [1.82, 2.24) is 20.0 Å². The number of amides is 3. The van der Waals surface area contributed by atoms with Crippen molar-refractivity contribution in [2.24, 2.45) is 0 Å². The van der Waals surface area contributed by atoms with Crippen LogP contribution < -0.4 is 0 Å². The molecule has 19 heavy (non-hydrogen) atoms. The van der Waals surface area contributed by atoms with Gasteiger partial charge in [0, 0.05) is 6.54 Å². The first-order valence-electron chi connectivity index (χ1n) is 6.20. The number of urea groups is 1. The van der Waals surface area contributed by atoms with E-state index in [4.69, 9.17) is 0 Å². The summed E-state index contributed by atoms with van der Waals surface area (Å²) in [5.41, 5.74) is -0.606. The Morgan fingerprint density at radius 2 is 2.11 bits per heavy atom. The van der Waals surface area contributed by atoms with Crippen LogP contribution in [0.25, 0.3) is 0 Å². The van der Waals surface area contributed by atoms with Crippen LogP contribution in [0.15, 0.2) is 3.92 Å². The molecule has 3 amide bonds. The molecule has 0 atom stereocenters. The van der Waals surface area contributed by atoms with Crippen molar-refractivity contribution in [3.8, 4) is 0 Å². The van der Waals surface area contributed by atoms with E-state index in [1.54, 1.807) is 4.90 Å². The van der Waals surface area contributed by atoms with Gasteiger partial charge in [-0.15, -0.1) is 10.2 Å². The first kappa shape index (κ1) is 13.0. The van der Waals surface area contributed by atoms with Crippen molar-refractivity contribution >= 4 is 39.2 Å². The topological polar surface area (TPSA) is 66.4 Å². The second-order valence-corrected chi connectivity index (χ2v) is 7.09. The lowest BCUT2D eigenvalue weighted by atomic mass is 9.75. The Morgan fingerprint density at radius 1 is 1.37 bits per heavy atom. The molecule has 0 unspecified atom stereocenters. The second-order valence-electron chi connectivity index (χ2n) is 4.75. The Hall–Kier alpha value is -1.02. The highest BCUT2D eigenvalue weighted by Crippen LogP contribution is 2.44. The predicted octanol–water partition coefficient (Wildman–Crippen LogP) is 2.01. The Balaban J connectivity index is 1.90. The van der Waals surface area contributed by atoms with E-state index in [9.17, 15) is 9.59 Å². The molecule has 1 saturated carbocycles. The van der Waals surface area contributed by atoms with Crippen LogP contribution in [-0.4, -0.2) is 44.0 Å². The zero-order valence-corrected chi connectivity index (χ0v) is 12.8. The molecule has 1 aliphatic carbocycles. The number of halogens is 1. The molecule has 2 aliphatic rings. The Bertz CT molecular complexity index is 543. The number of likely N-dealkylation sites (N-methyl/N-ethyl adjacent to an activating group) is 1. The molecule has 8 heteroatoms. The van der Waals surface area contributed by atoms with Crippen LogP contribution in [0.2, 0.25) is 0 Å². The summed E-state index contributed by atoms with van der Waals surface area (Å²) < 4.78 is 0.690. The number of hydrogen-bond donors (Lipinski definition) is 0. The van der Waals surface area contributed by atoms with Crippen molar-refractivity contribution in [1.29, 1.82) is 0 Å². The zero-order chi connectivity index (χ0) is 13.6. The lowest BCUT2D eigenvalue weighted by molar-refractivity contribution is -0.137. The first-order valence-corrected chi connectivity index (χ1v) is 7.81. The third-order valence-corrected chi connectivity index (χ3v) is 5.19. The van der Waals surface area contributed by atoms with Crippen LogP contribution in [-0.2, 0) is 11.3 Å². The van der Waals surface area contributed by atoms with Gasteiger partial charge in [0.1, 0.15) is 10.5 Å². The molecular formula is C11H13BrN4O2S. The molecule has 102 valence electrons. The van der Waals surface area contributed by atoms with Gasteiger partial charge in [-0.2, -0.15) is 0 Å². The van der Waals surface area contributed by atoms with Gasteiger partial charge in [0.15, 0.2) is 3.92 Å². The van der Waals surface area contributed by atoms with Crippen molar-refractivity contribution in [3.05, 3.63) is 8.92 Å². The van der Waals surface area contributed by atoms with Crippen molar-refractivity contribution < 1.29 is 9.59 Å². The third-order valence-electron chi connectivity index (χ3n) is 3.85. The largest absolute Gasteiger partial charge is 0.328 e. The Labute approximate surface area is 122 Å². The summed E-state index contributed by atoms with van der Waals surface area (Å²) in [5.74, 6) is -0.0465. The number of carbonyl (C=O) groups is 2. The fraction of sp³-hybridized carbons (Fsp3) is 0.636. The lowest BCUT2D eigenvalue weighted by Gasteiger charge is -2.41. The van der Waals surface area contributed by atoms with E-state index < -0.39 is 5.54 Å². The molecule has 1 saturated heterocycles. The van der Waals surface area contributed by atoms with E-state index in [1.165, 1.54) is 16.2 Å². The number of carbonyl (C=O) groups excluding carboxylic acids is 2. The SMILES string of the molecule is CCN1C(=O)N(Cc2nnc(Br)s2)C2(CCC2)C1=O. The summed E-state index contributed by atoms with van der Waals surface area (Å²) in [7, 11) is 0. The smallest absolute Gasteiger partial charge is 0.303 e. The molecule has 1 aromatic heterocycles. The van der Waals surface area contributed by atoms with Gasteiger partial charge in [0.2, 0.25) is 0 Å². The van der Waals surface area contributed by atoms with Crippen LogP contribution in [0, 0.1) is 0 Å². The summed E-state index contributed by atoms with van der Waals surface area (Å²) >= 11 is 4.65. The third kappa shape index (κ3) is 1.80. The van der Waals surface area contributed by atoms with E-state index in [0.29, 0.717) is 17.0 Å². The molecule has 2 fully saturated rings. The van der Waals surface area contributed by atoms with Crippen LogP contribution in [0.1, 0.15) is 31.2 Å². The van der Waals surface area contributed by atoms with E-state index in [-0.39, 0.29) is 11.9 Å². The van der Waals surface area contributed by atoms with Crippen molar-refractivity contribution in [3.63, 3.8) is 0 Å². The quantitative estimate of drug-likeness (QED) is 0.786. The number of aromatic nitrogens is 2. The van der Waals surface area contributed by atoms with Gasteiger partial charge < -0.3 is 4.90 Å². The van der Waals surface area contributed by atoms with Crippen LogP contribution in [0.5, 0.6) is 0 Å². The van der Waals surface area contributed by atoms with Gasteiger partial charge in [0.05, 0.1) is 6.54 Å². The molecule has 1 aromatic rings. The van der Waals surface area contributed by atoms with Crippen molar-refractivity contribution in [2.75, 3.05) is 6.54 Å². The molecule has 0 bridgehead atoms. The summed E-state index contributed by atoms with van der Waals surface area (Å²) in [6.07, 6.45) is 2.51. The van der Waals surface area contributed by atoms with Gasteiger partial charge in [-0.05, 0) is 42.1 Å². The fourth-order valence-electron chi connectivity index (χ4n) is 2.71. The highest BCUT2D eigenvalue weighted by Gasteiger charge is 2.59. The van der Waals surface area contributed by atoms with E-state index >= 15 is 0 Å². The maximum absolute atomic E-state index is 12.4. The fourth-order valence-corrected chi connectivity index (χ4v) is 3.90. The molecule has 1 aliphatic heterocycles. The highest BCUT2D eigenvalue weighted by molar-refractivity contribution is 9.11. The summed E-state index contributed by atoms with van der Waals surface area (Å²) in [5, 5.41) is 8.64. The van der Waals surface area contributed by atoms with E-state index in [2.05, 4.69) is 26.1 Å². The van der Waals surface area contributed by atoms with Gasteiger partial charge in [-0.1, -0.05) is 11.3 Å². The molecule has 2 heterocycles. The average molecular weight is 345 g/mol. The molecule has 0 aromatic carbocycles. The maximum atomic E-state index is 12.4. The number of imide groups is 1. The predicted molar refractivity (Wildman–Crippen MR) is 72.5 cm³/mol. The average Bonchev–Trinajstić information content (AvgIpc) is 2.81.